The second-order valence-electron chi connectivity index (χ2n) is 3.65. The number of carboxylic acid groups (broad SMARTS) is 2. The van der Waals surface area contributed by atoms with Gasteiger partial charge in [0.2, 0.25) is 0 Å². The molecule has 0 aromatic heterocycles. The van der Waals surface area contributed by atoms with Gasteiger partial charge in [-0.1, -0.05) is 29.9 Å². The Balaban J connectivity index is 4.75. The van der Waals surface area contributed by atoms with Crippen molar-refractivity contribution in [2.45, 2.75) is 20.8 Å². The highest BCUT2D eigenvalue weighted by molar-refractivity contribution is 5.96. The summed E-state index contributed by atoms with van der Waals surface area (Å²) in [5, 5.41) is 17.4. The maximum atomic E-state index is 10.7. The number of allylic oxidation sites excluding steroid dienone is 5. The van der Waals surface area contributed by atoms with Crippen LogP contribution in [0.5, 0.6) is 0 Å². The number of hydrogen-bond acceptors (Lipinski definition) is 2. The van der Waals surface area contributed by atoms with Crippen LogP contribution >= 0.6 is 0 Å². The summed E-state index contributed by atoms with van der Waals surface area (Å²) in [4.78, 5) is 21.3. The van der Waals surface area contributed by atoms with Crippen molar-refractivity contribution in [3.05, 3.63) is 35.5 Å². The molecular formula is C12H16O4. The molecule has 88 valence electrons. The van der Waals surface area contributed by atoms with Gasteiger partial charge in [-0.2, -0.15) is 0 Å². The van der Waals surface area contributed by atoms with Crippen molar-refractivity contribution < 1.29 is 19.8 Å². The molecule has 0 aliphatic carbocycles. The van der Waals surface area contributed by atoms with Crippen LogP contribution in [-0.4, -0.2) is 22.2 Å². The topological polar surface area (TPSA) is 74.6 Å². The van der Waals surface area contributed by atoms with Crippen LogP contribution in [0.4, 0.5) is 0 Å². The van der Waals surface area contributed by atoms with Crippen LogP contribution in [0.2, 0.25) is 0 Å². The Kier molecular flexibility index (Phi) is 5.85. The molecule has 0 heterocycles. The van der Waals surface area contributed by atoms with Crippen LogP contribution in [0.15, 0.2) is 35.5 Å². The van der Waals surface area contributed by atoms with Crippen LogP contribution in [-0.2, 0) is 9.59 Å². The molecule has 0 radical (unpaired) electrons. The maximum absolute atomic E-state index is 10.7. The Hall–Kier alpha value is -1.84. The van der Waals surface area contributed by atoms with Gasteiger partial charge in [0.05, 0.1) is 0 Å². The van der Waals surface area contributed by atoms with E-state index in [0.717, 1.165) is 5.57 Å². The molecule has 0 saturated heterocycles. The zero-order chi connectivity index (χ0) is 12.7. The zero-order valence-corrected chi connectivity index (χ0v) is 9.60. The molecule has 4 nitrogen and oxygen atoms in total. The van der Waals surface area contributed by atoms with Crippen molar-refractivity contribution in [3.63, 3.8) is 0 Å². The molecule has 0 aliphatic rings. The minimum Gasteiger partial charge on any atom is -0.480 e. The SMILES string of the molecule is CC(C)=C/C=C/C=C(\C)C(C(=O)O)C(=O)O. The van der Waals surface area contributed by atoms with Crippen LogP contribution < -0.4 is 0 Å². The molecule has 2 N–H and O–H groups in total. The quantitative estimate of drug-likeness (QED) is 0.554. The molecule has 0 aromatic carbocycles. The average molecular weight is 224 g/mol. The zero-order valence-electron chi connectivity index (χ0n) is 9.60. The summed E-state index contributed by atoms with van der Waals surface area (Å²) in [6.45, 7) is 5.34. The summed E-state index contributed by atoms with van der Waals surface area (Å²) in [5.74, 6) is -4.18. The highest BCUT2D eigenvalue weighted by atomic mass is 16.4. The molecule has 0 fully saturated rings. The Labute approximate surface area is 94.6 Å². The van der Waals surface area contributed by atoms with Crippen molar-refractivity contribution in [2.75, 3.05) is 0 Å². The normalized spacial score (nSPS) is 11.9. The predicted octanol–water partition coefficient (Wildman–Crippen LogP) is 2.24. The fraction of sp³-hybridized carbons (Fsp3) is 0.333. The lowest BCUT2D eigenvalue weighted by Crippen LogP contribution is -2.24. The van der Waals surface area contributed by atoms with E-state index in [4.69, 9.17) is 10.2 Å². The van der Waals surface area contributed by atoms with E-state index < -0.39 is 17.9 Å². The summed E-state index contributed by atoms with van der Waals surface area (Å²) >= 11 is 0. The smallest absolute Gasteiger partial charge is 0.322 e. The molecular weight excluding hydrogens is 208 g/mol. The number of rotatable bonds is 5. The first-order valence-electron chi connectivity index (χ1n) is 4.80. The first kappa shape index (κ1) is 14.2. The number of aliphatic carboxylic acids is 2. The van der Waals surface area contributed by atoms with E-state index in [1.54, 1.807) is 12.2 Å². The first-order valence-corrected chi connectivity index (χ1v) is 4.80. The van der Waals surface area contributed by atoms with Crippen molar-refractivity contribution in [3.8, 4) is 0 Å². The van der Waals surface area contributed by atoms with Crippen LogP contribution in [0, 0.1) is 5.92 Å². The number of carbonyl (C=O) groups is 2. The van der Waals surface area contributed by atoms with Gasteiger partial charge in [0.1, 0.15) is 0 Å². The number of hydrogen-bond donors (Lipinski definition) is 2. The Morgan fingerprint density at radius 1 is 0.938 bits per heavy atom. The van der Waals surface area contributed by atoms with Crippen molar-refractivity contribution in [1.29, 1.82) is 0 Å². The van der Waals surface area contributed by atoms with E-state index >= 15 is 0 Å². The largest absolute Gasteiger partial charge is 0.480 e. The van der Waals surface area contributed by atoms with Crippen LogP contribution in [0.1, 0.15) is 20.8 Å². The van der Waals surface area contributed by atoms with Crippen molar-refractivity contribution in [1.82, 2.24) is 0 Å². The van der Waals surface area contributed by atoms with Gasteiger partial charge in [-0.25, -0.2) is 0 Å². The van der Waals surface area contributed by atoms with E-state index in [9.17, 15) is 9.59 Å². The molecule has 0 bridgehead atoms. The van der Waals surface area contributed by atoms with E-state index in [-0.39, 0.29) is 0 Å². The summed E-state index contributed by atoms with van der Waals surface area (Å²) in [6, 6.07) is 0. The van der Waals surface area contributed by atoms with E-state index in [0.29, 0.717) is 5.57 Å². The van der Waals surface area contributed by atoms with E-state index in [2.05, 4.69) is 0 Å². The fourth-order valence-corrected chi connectivity index (χ4v) is 1.05. The highest BCUT2D eigenvalue weighted by Crippen LogP contribution is 2.11. The summed E-state index contributed by atoms with van der Waals surface area (Å²) in [7, 11) is 0. The average Bonchev–Trinajstić information content (AvgIpc) is 2.10. The third-order valence-electron chi connectivity index (χ3n) is 1.85. The van der Waals surface area contributed by atoms with Gasteiger partial charge in [-0.05, 0) is 26.3 Å². The molecule has 0 saturated carbocycles. The van der Waals surface area contributed by atoms with Gasteiger partial charge < -0.3 is 10.2 Å². The van der Waals surface area contributed by atoms with Gasteiger partial charge in [-0.3, -0.25) is 9.59 Å². The third-order valence-corrected chi connectivity index (χ3v) is 1.85. The summed E-state index contributed by atoms with van der Waals surface area (Å²) in [6.07, 6.45) is 6.70. The summed E-state index contributed by atoms with van der Waals surface area (Å²) in [5.41, 5.74) is 1.40. The second kappa shape index (κ2) is 6.61. The van der Waals surface area contributed by atoms with Gasteiger partial charge in [0.25, 0.3) is 0 Å². The molecule has 16 heavy (non-hydrogen) atoms. The lowest BCUT2D eigenvalue weighted by molar-refractivity contribution is -0.152. The van der Waals surface area contributed by atoms with Crippen molar-refractivity contribution >= 4 is 11.9 Å². The fourth-order valence-electron chi connectivity index (χ4n) is 1.05. The molecule has 0 amide bonds. The molecule has 0 atom stereocenters. The third kappa shape index (κ3) is 5.14. The lowest BCUT2D eigenvalue weighted by atomic mass is 10.0. The van der Waals surface area contributed by atoms with Crippen molar-refractivity contribution in [2.24, 2.45) is 5.92 Å². The molecule has 0 spiro atoms. The Morgan fingerprint density at radius 3 is 1.75 bits per heavy atom. The molecule has 0 aliphatic heterocycles. The minimum absolute atomic E-state index is 0.290. The highest BCUT2D eigenvalue weighted by Gasteiger charge is 2.26. The van der Waals surface area contributed by atoms with Gasteiger partial charge in [0, 0.05) is 0 Å². The standard InChI is InChI=1S/C12H16O4/c1-8(2)6-4-5-7-9(3)10(11(13)14)12(15)16/h4-7,10H,1-3H3,(H,13,14)(H,15,16)/b5-4+,9-7+. The number of carboxylic acids is 2. The van der Waals surface area contributed by atoms with Crippen LogP contribution in [0.3, 0.4) is 0 Å². The molecule has 4 heteroatoms. The minimum atomic E-state index is -1.48. The Morgan fingerprint density at radius 2 is 1.38 bits per heavy atom. The molecule has 0 aromatic rings. The molecule has 0 unspecified atom stereocenters. The Bertz CT molecular complexity index is 343. The monoisotopic (exact) mass is 224 g/mol. The lowest BCUT2D eigenvalue weighted by Gasteiger charge is -2.06. The van der Waals surface area contributed by atoms with E-state index in [1.807, 2.05) is 19.9 Å². The molecule has 0 rings (SSSR count). The summed E-state index contributed by atoms with van der Waals surface area (Å²) < 4.78 is 0. The first-order chi connectivity index (χ1) is 7.36. The predicted molar refractivity (Wildman–Crippen MR) is 61.1 cm³/mol. The van der Waals surface area contributed by atoms with Crippen LogP contribution in [0.25, 0.3) is 0 Å². The van der Waals surface area contributed by atoms with Gasteiger partial charge >= 0.3 is 11.9 Å². The maximum Gasteiger partial charge on any atom is 0.322 e. The van der Waals surface area contributed by atoms with Gasteiger partial charge in [-0.15, -0.1) is 0 Å². The van der Waals surface area contributed by atoms with E-state index in [1.165, 1.54) is 13.0 Å². The second-order valence-corrected chi connectivity index (χ2v) is 3.65. The van der Waals surface area contributed by atoms with Gasteiger partial charge in [0.15, 0.2) is 5.92 Å².